The fraction of sp³-hybridized carbons (Fsp3) is 0.0526. The molecule has 1 aliphatic carbocycles. The number of hydrogen-bond donors (Lipinski definition) is 0. The average Bonchev–Trinajstić information content (AvgIpc) is 3.91. The predicted octanol–water partition coefficient (Wildman–Crippen LogP) is 15.1. The van der Waals surface area contributed by atoms with Crippen LogP contribution in [0, 0.1) is 0 Å². The molecule has 0 atom stereocenters. The Balaban J connectivity index is 1.06. The van der Waals surface area contributed by atoms with Crippen LogP contribution in [0.5, 0.6) is 0 Å². The predicted molar refractivity (Wildman–Crippen MR) is 252 cm³/mol. The van der Waals surface area contributed by atoms with Gasteiger partial charge >= 0.3 is 286 Å². The van der Waals surface area contributed by atoms with E-state index in [1.807, 2.05) is 0 Å². The number of rotatable bonds is 5. The van der Waals surface area contributed by atoms with E-state index in [1.54, 1.807) is 0 Å². The second-order valence-corrected chi connectivity index (χ2v) is 18.7. The Bertz CT molecular complexity index is 3450. The first-order valence-electron chi connectivity index (χ1n) is 20.5. The summed E-state index contributed by atoms with van der Waals surface area (Å²) in [6.45, 7) is 4.74. The molecule has 0 unspecified atom stereocenters. The van der Waals surface area contributed by atoms with Crippen LogP contribution in [-0.2, 0) is 5.41 Å². The van der Waals surface area contributed by atoms with Crippen LogP contribution in [0.25, 0.3) is 102 Å². The van der Waals surface area contributed by atoms with E-state index in [4.69, 9.17) is 0 Å². The molecule has 9 aromatic carbocycles. The Kier molecular flexibility index (Phi) is 7.66. The SMILES string of the molecule is CC1(C)c2ccccc2-c2ccc(-n3c4ccccc4c4ccc(-c5cc(-c6ccc(-c7ccccc7)cc6)cc(-c6cccc7c6[se]c6ccccc67)c5)cc43)cc21. The molecule has 1 nitrogen and oxygen atoms in total. The summed E-state index contributed by atoms with van der Waals surface area (Å²) >= 11 is 0.238. The zero-order valence-corrected chi connectivity index (χ0v) is 34.6. The van der Waals surface area contributed by atoms with Gasteiger partial charge in [0.1, 0.15) is 0 Å². The molecule has 2 heteroatoms. The molecule has 12 rings (SSSR count). The van der Waals surface area contributed by atoms with Crippen molar-refractivity contribution < 1.29 is 0 Å². The second-order valence-electron chi connectivity index (χ2n) is 16.5. The first-order valence-corrected chi connectivity index (χ1v) is 22.2. The minimum atomic E-state index is -0.0811. The van der Waals surface area contributed by atoms with Gasteiger partial charge in [-0.2, -0.15) is 0 Å². The standard InChI is InChI=1S/C57H39NSe/c1-57(2)51-20-9-6-15-45(51)46-30-28-43(35-52(46)57)58-53-21-10-7-16-47(53)48-29-27-39(34-54(48)58)41-31-40(38-25-23-37(24-26-38)36-13-4-3-5-14-36)32-42(33-41)44-18-12-19-50-49-17-8-11-22-55(49)59-56(44)50/h3-35H,1-2H3. The van der Waals surface area contributed by atoms with E-state index in [0.717, 1.165) is 0 Å². The number of aromatic nitrogens is 1. The van der Waals surface area contributed by atoms with Crippen molar-refractivity contribution in [2.45, 2.75) is 19.3 Å². The first-order chi connectivity index (χ1) is 29.0. The molecule has 0 spiro atoms. The van der Waals surface area contributed by atoms with Crippen molar-refractivity contribution in [3.63, 3.8) is 0 Å². The molecule has 0 saturated carbocycles. The minimum absolute atomic E-state index is 0.0811. The third-order valence-electron chi connectivity index (χ3n) is 12.8. The Morgan fingerprint density at radius 2 is 0.949 bits per heavy atom. The van der Waals surface area contributed by atoms with Gasteiger partial charge in [-0.05, 0) is 16.7 Å². The maximum absolute atomic E-state index is 2.49. The number of benzene rings is 9. The molecule has 0 amide bonds. The van der Waals surface area contributed by atoms with Crippen molar-refractivity contribution in [3.05, 3.63) is 211 Å². The van der Waals surface area contributed by atoms with Crippen LogP contribution in [0.1, 0.15) is 25.0 Å². The van der Waals surface area contributed by atoms with Gasteiger partial charge in [-0.1, -0.05) is 44.2 Å². The van der Waals surface area contributed by atoms with Gasteiger partial charge in [-0.25, -0.2) is 0 Å². The molecule has 0 N–H and O–H groups in total. The van der Waals surface area contributed by atoms with Gasteiger partial charge in [-0.15, -0.1) is 0 Å². The molecule has 0 aliphatic heterocycles. The molecule has 0 bridgehead atoms. The molecule has 0 fully saturated rings. The molecule has 0 saturated heterocycles. The fourth-order valence-electron chi connectivity index (χ4n) is 9.84. The van der Waals surface area contributed by atoms with Crippen LogP contribution in [0.15, 0.2) is 200 Å². The average molecular weight is 817 g/mol. The molecular weight excluding hydrogens is 778 g/mol. The van der Waals surface area contributed by atoms with Crippen molar-refractivity contribution in [2.24, 2.45) is 0 Å². The first kappa shape index (κ1) is 34.3. The van der Waals surface area contributed by atoms with Crippen LogP contribution >= 0.6 is 0 Å². The molecule has 11 aromatic rings. The number of para-hydroxylation sites is 1. The van der Waals surface area contributed by atoms with E-state index >= 15 is 0 Å². The van der Waals surface area contributed by atoms with Gasteiger partial charge in [0, 0.05) is 5.41 Å². The van der Waals surface area contributed by atoms with E-state index in [-0.39, 0.29) is 19.9 Å². The Morgan fingerprint density at radius 3 is 1.80 bits per heavy atom. The van der Waals surface area contributed by atoms with Gasteiger partial charge < -0.3 is 0 Å². The maximum atomic E-state index is 2.49. The van der Waals surface area contributed by atoms with Crippen LogP contribution < -0.4 is 0 Å². The third kappa shape index (κ3) is 5.38. The van der Waals surface area contributed by atoms with Crippen LogP contribution in [-0.4, -0.2) is 19.1 Å². The summed E-state index contributed by atoms with van der Waals surface area (Å²) in [6, 6.07) is 74.9. The van der Waals surface area contributed by atoms with Gasteiger partial charge in [-0.3, -0.25) is 0 Å². The zero-order valence-electron chi connectivity index (χ0n) is 32.9. The summed E-state index contributed by atoms with van der Waals surface area (Å²) in [5, 5.41) is 5.30. The number of fused-ring (bicyclic) bond motifs is 9. The van der Waals surface area contributed by atoms with E-state index in [9.17, 15) is 0 Å². The zero-order chi connectivity index (χ0) is 39.2. The summed E-state index contributed by atoms with van der Waals surface area (Å²) in [7, 11) is 0. The summed E-state index contributed by atoms with van der Waals surface area (Å²) in [5.41, 5.74) is 18.9. The summed E-state index contributed by atoms with van der Waals surface area (Å²) in [4.78, 5) is 0. The molecule has 2 heterocycles. The molecular formula is C57H39NSe. The quantitative estimate of drug-likeness (QED) is 0.153. The topological polar surface area (TPSA) is 4.93 Å². The molecule has 59 heavy (non-hydrogen) atoms. The van der Waals surface area contributed by atoms with Gasteiger partial charge in [0.2, 0.25) is 0 Å². The summed E-state index contributed by atoms with van der Waals surface area (Å²) in [5.74, 6) is 0. The van der Waals surface area contributed by atoms with Crippen molar-refractivity contribution in [3.8, 4) is 61.3 Å². The van der Waals surface area contributed by atoms with Gasteiger partial charge in [0.05, 0.1) is 0 Å². The van der Waals surface area contributed by atoms with E-state index in [0.29, 0.717) is 0 Å². The molecule has 0 radical (unpaired) electrons. The second kappa shape index (κ2) is 13.2. The van der Waals surface area contributed by atoms with Crippen molar-refractivity contribution >= 4 is 55.6 Å². The Hall–Kier alpha value is -6.70. The van der Waals surface area contributed by atoms with Crippen LogP contribution in [0.2, 0.25) is 0 Å². The van der Waals surface area contributed by atoms with E-state index < -0.39 is 0 Å². The molecule has 1 aliphatic rings. The van der Waals surface area contributed by atoms with Crippen LogP contribution in [0.4, 0.5) is 0 Å². The number of nitrogens with zero attached hydrogens (tertiary/aromatic N) is 1. The normalized spacial score (nSPS) is 13.1. The van der Waals surface area contributed by atoms with E-state index in [2.05, 4.69) is 219 Å². The van der Waals surface area contributed by atoms with Crippen molar-refractivity contribution in [1.82, 2.24) is 4.57 Å². The summed E-state index contributed by atoms with van der Waals surface area (Å²) < 4.78 is 5.43. The number of hydrogen-bond acceptors (Lipinski definition) is 0. The van der Waals surface area contributed by atoms with Gasteiger partial charge in [0.25, 0.3) is 0 Å². The summed E-state index contributed by atoms with van der Waals surface area (Å²) in [6.07, 6.45) is 0. The third-order valence-corrected chi connectivity index (χ3v) is 15.4. The van der Waals surface area contributed by atoms with Crippen molar-refractivity contribution in [1.29, 1.82) is 0 Å². The molecule has 2 aromatic heterocycles. The monoisotopic (exact) mass is 817 g/mol. The fourth-order valence-corrected chi connectivity index (χ4v) is 12.4. The van der Waals surface area contributed by atoms with Gasteiger partial charge in [0.15, 0.2) is 0 Å². The molecule has 278 valence electrons. The van der Waals surface area contributed by atoms with Crippen LogP contribution in [0.3, 0.4) is 0 Å². The van der Waals surface area contributed by atoms with E-state index in [1.165, 1.54) is 114 Å². The Morgan fingerprint density at radius 1 is 0.356 bits per heavy atom. The Labute approximate surface area is 350 Å². The van der Waals surface area contributed by atoms with Crippen molar-refractivity contribution in [2.75, 3.05) is 0 Å².